The number of carboxylic acid groups (broad SMARTS) is 1. The molecule has 4 N–H and O–H groups in total. The van der Waals surface area contributed by atoms with Gasteiger partial charge in [0.1, 0.15) is 6.04 Å². The maximum atomic E-state index is 11.0. The number of carbonyl (C=O) groups excluding carboxylic acids is 1. The quantitative estimate of drug-likeness (QED) is 0.717. The van der Waals surface area contributed by atoms with Crippen molar-refractivity contribution in [2.45, 2.75) is 12.5 Å². The lowest BCUT2D eigenvalue weighted by molar-refractivity contribution is -0.137. The third kappa shape index (κ3) is 3.50. The highest BCUT2D eigenvalue weighted by Crippen LogP contribution is 2.24. The van der Waals surface area contributed by atoms with E-state index in [1.807, 2.05) is 0 Å². The number of rotatable bonds is 5. The van der Waals surface area contributed by atoms with Crippen molar-refractivity contribution in [1.29, 1.82) is 0 Å². The smallest absolute Gasteiger partial charge is 0.327 e. The summed E-state index contributed by atoms with van der Waals surface area (Å²) in [5.41, 5.74) is 5.99. The molecule has 94 valence electrons. The van der Waals surface area contributed by atoms with E-state index < -0.39 is 17.9 Å². The lowest BCUT2D eigenvalue weighted by atomic mass is 10.1. The van der Waals surface area contributed by atoms with E-state index in [-0.39, 0.29) is 6.42 Å². The zero-order valence-corrected chi connectivity index (χ0v) is 10.9. The second kappa shape index (κ2) is 6.07. The highest BCUT2D eigenvalue weighted by Gasteiger charge is 2.17. The van der Waals surface area contributed by atoms with Crippen LogP contribution in [0.15, 0.2) is 22.7 Å². The molecule has 0 saturated carbocycles. The Hall–Kier alpha value is -2.00. The fourth-order valence-electron chi connectivity index (χ4n) is 1.29. The Bertz CT molecular complexity index is 523. The molecule has 1 aromatic rings. The van der Waals surface area contributed by atoms with Crippen molar-refractivity contribution in [3.05, 3.63) is 28.2 Å². The molecule has 1 amide bonds. The number of halogens is 1. The van der Waals surface area contributed by atoms with E-state index in [0.29, 0.717) is 15.7 Å². The minimum atomic E-state index is -1.04. The lowest BCUT2D eigenvalue weighted by Crippen LogP contribution is -2.28. The van der Waals surface area contributed by atoms with Gasteiger partial charge in [0.2, 0.25) is 5.91 Å². The molecular weight excluding hydrogens is 300 g/mol. The summed E-state index contributed by atoms with van der Waals surface area (Å²) in [6.45, 7) is 0. The molecule has 1 atom stereocenters. The van der Waals surface area contributed by atoms with Gasteiger partial charge in [-0.3, -0.25) is 4.79 Å². The molecule has 0 radical (unpaired) electrons. The molecule has 0 fully saturated rings. The summed E-state index contributed by atoms with van der Waals surface area (Å²) in [5.74, 6) is 0.688. The molecule has 1 rings (SSSR count). The van der Waals surface area contributed by atoms with Crippen LogP contribution in [-0.4, -0.2) is 23.0 Å². The molecule has 0 bridgehead atoms. The van der Waals surface area contributed by atoms with E-state index in [9.17, 15) is 9.59 Å². The van der Waals surface area contributed by atoms with Gasteiger partial charge in [-0.15, -0.1) is 12.3 Å². The molecular formula is C12H11BrN2O3. The van der Waals surface area contributed by atoms with Gasteiger partial charge in [0.05, 0.1) is 0 Å². The summed E-state index contributed by atoms with van der Waals surface area (Å²) in [7, 11) is 0. The zero-order chi connectivity index (χ0) is 13.7. The first-order chi connectivity index (χ1) is 8.45. The summed E-state index contributed by atoms with van der Waals surface area (Å²) in [4.78, 5) is 21.9. The number of amides is 1. The number of aliphatic carboxylic acids is 1. The van der Waals surface area contributed by atoms with Crippen molar-refractivity contribution in [1.82, 2.24) is 0 Å². The molecule has 0 aliphatic heterocycles. The van der Waals surface area contributed by atoms with Crippen LogP contribution in [0, 0.1) is 12.3 Å². The van der Waals surface area contributed by atoms with Crippen LogP contribution in [0.3, 0.4) is 0 Å². The standard InChI is InChI=1S/C12H11BrN2O3/c1-2-3-10(12(17)18)15-9-5-4-7(11(14)16)6-8(9)13/h1,4-6,10,15H,3H2,(H2,14,16)(H,17,18). The molecule has 0 saturated heterocycles. The molecule has 0 aromatic heterocycles. The fraction of sp³-hybridized carbons (Fsp3) is 0.167. The third-order valence-corrected chi connectivity index (χ3v) is 2.86. The Labute approximate surface area is 112 Å². The summed E-state index contributed by atoms with van der Waals surface area (Å²) < 4.78 is 0.544. The Morgan fingerprint density at radius 1 is 1.56 bits per heavy atom. The van der Waals surface area contributed by atoms with Crippen LogP contribution in [-0.2, 0) is 4.79 Å². The molecule has 0 aliphatic rings. The number of anilines is 1. The summed E-state index contributed by atoms with van der Waals surface area (Å²) in [6.07, 6.45) is 5.15. The average molecular weight is 311 g/mol. The predicted molar refractivity (Wildman–Crippen MR) is 71.2 cm³/mol. The van der Waals surface area contributed by atoms with Crippen LogP contribution in [0.1, 0.15) is 16.8 Å². The third-order valence-electron chi connectivity index (χ3n) is 2.20. The molecule has 1 aromatic carbocycles. The summed E-state index contributed by atoms with van der Waals surface area (Å²) in [6, 6.07) is 3.70. The number of terminal acetylenes is 1. The number of nitrogens with one attached hydrogen (secondary N) is 1. The van der Waals surface area contributed by atoms with Crippen molar-refractivity contribution in [3.8, 4) is 12.3 Å². The fourth-order valence-corrected chi connectivity index (χ4v) is 1.78. The summed E-state index contributed by atoms with van der Waals surface area (Å²) >= 11 is 3.23. The highest BCUT2D eigenvalue weighted by molar-refractivity contribution is 9.10. The van der Waals surface area contributed by atoms with Gasteiger partial charge in [-0.2, -0.15) is 0 Å². The van der Waals surface area contributed by atoms with E-state index in [2.05, 4.69) is 27.2 Å². The monoisotopic (exact) mass is 310 g/mol. The minimum Gasteiger partial charge on any atom is -0.480 e. The van der Waals surface area contributed by atoms with E-state index in [4.69, 9.17) is 17.3 Å². The molecule has 6 heteroatoms. The number of nitrogens with two attached hydrogens (primary N) is 1. The summed E-state index contributed by atoms with van der Waals surface area (Å²) in [5, 5.41) is 11.7. The number of carbonyl (C=O) groups is 2. The second-order valence-electron chi connectivity index (χ2n) is 3.50. The maximum absolute atomic E-state index is 11.0. The average Bonchev–Trinajstić information content (AvgIpc) is 2.30. The molecule has 1 unspecified atom stereocenters. The first-order valence-corrected chi connectivity index (χ1v) is 5.77. The Kier molecular flexibility index (Phi) is 4.75. The van der Waals surface area contributed by atoms with Gasteiger partial charge in [0.15, 0.2) is 0 Å². The largest absolute Gasteiger partial charge is 0.480 e. The minimum absolute atomic E-state index is 0.0549. The highest BCUT2D eigenvalue weighted by atomic mass is 79.9. The first kappa shape index (κ1) is 14.1. The first-order valence-electron chi connectivity index (χ1n) is 4.98. The number of hydrogen-bond acceptors (Lipinski definition) is 3. The number of carboxylic acids is 1. The van der Waals surface area contributed by atoms with E-state index in [0.717, 1.165) is 0 Å². The van der Waals surface area contributed by atoms with Gasteiger partial charge in [0.25, 0.3) is 0 Å². The van der Waals surface area contributed by atoms with Crippen molar-refractivity contribution in [2.24, 2.45) is 5.73 Å². The molecule has 5 nitrogen and oxygen atoms in total. The van der Waals surface area contributed by atoms with Crippen LogP contribution in [0.4, 0.5) is 5.69 Å². The predicted octanol–water partition coefficient (Wildman–Crippen LogP) is 1.44. The van der Waals surface area contributed by atoms with E-state index >= 15 is 0 Å². The molecule has 0 spiro atoms. The topological polar surface area (TPSA) is 92.4 Å². The van der Waals surface area contributed by atoms with Gasteiger partial charge < -0.3 is 16.2 Å². The number of primary amides is 1. The van der Waals surface area contributed by atoms with E-state index in [1.54, 1.807) is 6.07 Å². The van der Waals surface area contributed by atoms with Gasteiger partial charge in [0, 0.05) is 22.1 Å². The van der Waals surface area contributed by atoms with Gasteiger partial charge >= 0.3 is 5.97 Å². The van der Waals surface area contributed by atoms with Crippen LogP contribution < -0.4 is 11.1 Å². The van der Waals surface area contributed by atoms with Crippen molar-refractivity contribution < 1.29 is 14.7 Å². The van der Waals surface area contributed by atoms with Crippen LogP contribution in [0.25, 0.3) is 0 Å². The normalized spacial score (nSPS) is 11.3. The van der Waals surface area contributed by atoms with Crippen LogP contribution in [0.5, 0.6) is 0 Å². The van der Waals surface area contributed by atoms with Crippen LogP contribution >= 0.6 is 15.9 Å². The molecule has 0 aliphatic carbocycles. The zero-order valence-electron chi connectivity index (χ0n) is 9.31. The van der Waals surface area contributed by atoms with Crippen LogP contribution in [0.2, 0.25) is 0 Å². The van der Waals surface area contributed by atoms with Crippen molar-refractivity contribution in [2.75, 3.05) is 5.32 Å². The maximum Gasteiger partial charge on any atom is 0.327 e. The van der Waals surface area contributed by atoms with Gasteiger partial charge in [-0.25, -0.2) is 4.79 Å². The van der Waals surface area contributed by atoms with E-state index in [1.165, 1.54) is 12.1 Å². The Morgan fingerprint density at radius 2 is 2.22 bits per heavy atom. The van der Waals surface area contributed by atoms with Crippen molar-refractivity contribution >= 4 is 33.5 Å². The lowest BCUT2D eigenvalue weighted by Gasteiger charge is -2.14. The second-order valence-corrected chi connectivity index (χ2v) is 4.36. The van der Waals surface area contributed by atoms with Gasteiger partial charge in [-0.05, 0) is 34.1 Å². The number of hydrogen-bond donors (Lipinski definition) is 3. The Balaban J connectivity index is 2.94. The molecule has 18 heavy (non-hydrogen) atoms. The van der Waals surface area contributed by atoms with Crippen molar-refractivity contribution in [3.63, 3.8) is 0 Å². The Morgan fingerprint density at radius 3 is 2.67 bits per heavy atom. The van der Waals surface area contributed by atoms with Gasteiger partial charge in [-0.1, -0.05) is 0 Å². The SMILES string of the molecule is C#CCC(Nc1ccc(C(N)=O)cc1Br)C(=O)O. The molecule has 0 heterocycles. The number of benzene rings is 1.